The molecule has 0 aromatic heterocycles. The number of nitrogens with one attached hydrogen (secondary N) is 1. The highest BCUT2D eigenvalue weighted by Gasteiger charge is 2.41. The number of hydrogen-bond donors (Lipinski definition) is 1. The number of halogens is 1. The highest BCUT2D eigenvalue weighted by molar-refractivity contribution is 6.30. The zero-order valence-electron chi connectivity index (χ0n) is 18.1. The number of carbonyl (C=O) groups excluding carboxylic acids is 2. The van der Waals surface area contributed by atoms with Gasteiger partial charge in [0.25, 0.3) is 5.91 Å². The van der Waals surface area contributed by atoms with Crippen LogP contribution in [0.5, 0.6) is 5.75 Å². The molecular formula is C25H29ClN2O4. The Morgan fingerprint density at radius 3 is 2.28 bits per heavy atom. The number of benzene rings is 2. The van der Waals surface area contributed by atoms with E-state index in [-0.39, 0.29) is 18.4 Å². The number of morpholine rings is 1. The third-order valence-electron chi connectivity index (χ3n) is 6.38. The van der Waals surface area contributed by atoms with E-state index in [0.29, 0.717) is 42.8 Å². The Labute approximate surface area is 193 Å². The van der Waals surface area contributed by atoms with Gasteiger partial charge in [-0.3, -0.25) is 9.59 Å². The van der Waals surface area contributed by atoms with E-state index in [1.807, 2.05) is 36.4 Å². The highest BCUT2D eigenvalue weighted by Crippen LogP contribution is 2.41. The SMILES string of the molecule is O=C(COc1ccc(NC(=O)C2(c3ccc(Cl)cc3)CCCCC2)cc1)N1CCOCC1. The molecule has 32 heavy (non-hydrogen) atoms. The highest BCUT2D eigenvalue weighted by atomic mass is 35.5. The summed E-state index contributed by atoms with van der Waals surface area (Å²) in [6.07, 6.45) is 4.86. The molecule has 1 saturated heterocycles. The molecule has 2 aliphatic rings. The zero-order valence-corrected chi connectivity index (χ0v) is 18.9. The minimum Gasteiger partial charge on any atom is -0.484 e. The molecule has 1 N–H and O–H groups in total. The van der Waals surface area contributed by atoms with Gasteiger partial charge in [-0.05, 0) is 54.8 Å². The van der Waals surface area contributed by atoms with Crippen LogP contribution >= 0.6 is 11.6 Å². The smallest absolute Gasteiger partial charge is 0.260 e. The molecule has 0 atom stereocenters. The van der Waals surface area contributed by atoms with Gasteiger partial charge >= 0.3 is 0 Å². The maximum absolute atomic E-state index is 13.4. The number of amides is 2. The van der Waals surface area contributed by atoms with Gasteiger partial charge in [0.05, 0.1) is 18.6 Å². The van der Waals surface area contributed by atoms with Crippen LogP contribution in [-0.2, 0) is 19.7 Å². The van der Waals surface area contributed by atoms with Crippen molar-refractivity contribution in [3.8, 4) is 5.75 Å². The Hall–Kier alpha value is -2.57. The van der Waals surface area contributed by atoms with E-state index in [4.69, 9.17) is 21.1 Å². The summed E-state index contributed by atoms with van der Waals surface area (Å²) in [4.78, 5) is 27.4. The monoisotopic (exact) mass is 456 g/mol. The van der Waals surface area contributed by atoms with Crippen LogP contribution in [0.2, 0.25) is 5.02 Å². The van der Waals surface area contributed by atoms with Gasteiger partial charge in [-0.1, -0.05) is 43.0 Å². The lowest BCUT2D eigenvalue weighted by Crippen LogP contribution is -2.43. The van der Waals surface area contributed by atoms with Crippen molar-refractivity contribution in [1.82, 2.24) is 4.90 Å². The van der Waals surface area contributed by atoms with Crippen molar-refractivity contribution in [3.63, 3.8) is 0 Å². The molecule has 2 fully saturated rings. The summed E-state index contributed by atoms with van der Waals surface area (Å²) in [6.45, 7) is 2.33. The molecular weight excluding hydrogens is 428 g/mol. The van der Waals surface area contributed by atoms with Crippen LogP contribution in [0.25, 0.3) is 0 Å². The van der Waals surface area contributed by atoms with E-state index < -0.39 is 5.41 Å². The van der Waals surface area contributed by atoms with E-state index in [0.717, 1.165) is 37.7 Å². The van der Waals surface area contributed by atoms with Gasteiger partial charge < -0.3 is 19.7 Å². The van der Waals surface area contributed by atoms with E-state index in [1.54, 1.807) is 17.0 Å². The van der Waals surface area contributed by atoms with Gasteiger partial charge in [0.1, 0.15) is 5.75 Å². The molecule has 170 valence electrons. The predicted molar refractivity (Wildman–Crippen MR) is 124 cm³/mol. The second-order valence-electron chi connectivity index (χ2n) is 8.41. The maximum atomic E-state index is 13.4. The van der Waals surface area contributed by atoms with Gasteiger partial charge in [-0.15, -0.1) is 0 Å². The molecule has 4 rings (SSSR count). The average Bonchev–Trinajstić information content (AvgIpc) is 2.84. The summed E-state index contributed by atoms with van der Waals surface area (Å²) < 4.78 is 10.9. The first-order valence-corrected chi connectivity index (χ1v) is 11.6. The Balaban J connectivity index is 1.38. The Bertz CT molecular complexity index is 918. The summed E-state index contributed by atoms with van der Waals surface area (Å²) in [5, 5.41) is 3.76. The first kappa shape index (κ1) is 22.6. The summed E-state index contributed by atoms with van der Waals surface area (Å²) in [5.74, 6) is 0.554. The second-order valence-corrected chi connectivity index (χ2v) is 8.85. The van der Waals surface area contributed by atoms with Crippen LogP contribution in [0, 0.1) is 0 Å². The summed E-state index contributed by atoms with van der Waals surface area (Å²) in [5.41, 5.74) is 1.18. The third kappa shape index (κ3) is 5.25. The maximum Gasteiger partial charge on any atom is 0.260 e. The van der Waals surface area contributed by atoms with Crippen molar-refractivity contribution in [2.45, 2.75) is 37.5 Å². The molecule has 7 heteroatoms. The minimum absolute atomic E-state index is 0.00855. The number of rotatable bonds is 6. The van der Waals surface area contributed by atoms with Gasteiger partial charge in [0, 0.05) is 23.8 Å². The summed E-state index contributed by atoms with van der Waals surface area (Å²) in [6, 6.07) is 14.8. The lowest BCUT2D eigenvalue weighted by molar-refractivity contribution is -0.137. The van der Waals surface area contributed by atoms with Crippen LogP contribution in [0.3, 0.4) is 0 Å². The minimum atomic E-state index is -0.539. The quantitative estimate of drug-likeness (QED) is 0.698. The van der Waals surface area contributed by atoms with Gasteiger partial charge in [-0.2, -0.15) is 0 Å². The van der Waals surface area contributed by atoms with Crippen LogP contribution < -0.4 is 10.1 Å². The fraction of sp³-hybridized carbons (Fsp3) is 0.440. The van der Waals surface area contributed by atoms with Crippen molar-refractivity contribution < 1.29 is 19.1 Å². The molecule has 2 aromatic carbocycles. The van der Waals surface area contributed by atoms with E-state index >= 15 is 0 Å². The molecule has 2 amide bonds. The topological polar surface area (TPSA) is 67.9 Å². The summed E-state index contributed by atoms with van der Waals surface area (Å²) >= 11 is 6.07. The first-order valence-electron chi connectivity index (χ1n) is 11.2. The second kappa shape index (κ2) is 10.4. The number of ether oxygens (including phenoxy) is 2. The van der Waals surface area contributed by atoms with Crippen LogP contribution in [-0.4, -0.2) is 49.6 Å². The van der Waals surface area contributed by atoms with Gasteiger partial charge in [0.15, 0.2) is 6.61 Å². The zero-order chi connectivity index (χ0) is 22.4. The Kier molecular flexibility index (Phi) is 7.33. The van der Waals surface area contributed by atoms with E-state index in [9.17, 15) is 9.59 Å². The van der Waals surface area contributed by atoms with Crippen molar-refractivity contribution in [3.05, 3.63) is 59.1 Å². The molecule has 6 nitrogen and oxygen atoms in total. The van der Waals surface area contributed by atoms with Crippen LogP contribution in [0.15, 0.2) is 48.5 Å². The van der Waals surface area contributed by atoms with Crippen LogP contribution in [0.1, 0.15) is 37.7 Å². The standard InChI is InChI=1S/C25H29ClN2O4/c26-20-6-4-19(5-7-20)25(12-2-1-3-13-25)24(30)27-21-8-10-22(11-9-21)32-18-23(29)28-14-16-31-17-15-28/h4-11H,1-3,12-18H2,(H,27,30). The molecule has 1 aliphatic heterocycles. The number of carbonyl (C=O) groups is 2. The molecule has 0 spiro atoms. The van der Waals surface area contributed by atoms with E-state index in [1.165, 1.54) is 0 Å². The fourth-order valence-electron chi connectivity index (χ4n) is 4.51. The first-order chi connectivity index (χ1) is 15.6. The van der Waals surface area contributed by atoms with E-state index in [2.05, 4.69) is 5.32 Å². The number of nitrogens with zero attached hydrogens (tertiary/aromatic N) is 1. The summed E-state index contributed by atoms with van der Waals surface area (Å²) in [7, 11) is 0. The van der Waals surface area contributed by atoms with Crippen LogP contribution in [0.4, 0.5) is 5.69 Å². The largest absolute Gasteiger partial charge is 0.484 e. The van der Waals surface area contributed by atoms with Gasteiger partial charge in [-0.25, -0.2) is 0 Å². The molecule has 1 heterocycles. The van der Waals surface area contributed by atoms with Crippen molar-refractivity contribution in [2.75, 3.05) is 38.2 Å². The lowest BCUT2D eigenvalue weighted by atomic mass is 9.68. The van der Waals surface area contributed by atoms with Gasteiger partial charge in [0.2, 0.25) is 5.91 Å². The molecule has 0 radical (unpaired) electrons. The molecule has 1 aliphatic carbocycles. The normalized spacial score (nSPS) is 18.1. The fourth-order valence-corrected chi connectivity index (χ4v) is 4.63. The molecule has 0 bridgehead atoms. The molecule has 2 aromatic rings. The number of anilines is 1. The number of hydrogen-bond acceptors (Lipinski definition) is 4. The molecule has 0 unspecified atom stereocenters. The lowest BCUT2D eigenvalue weighted by Gasteiger charge is -2.36. The average molecular weight is 457 g/mol. The van der Waals surface area contributed by atoms with Crippen molar-refractivity contribution in [1.29, 1.82) is 0 Å². The predicted octanol–water partition coefficient (Wildman–Crippen LogP) is 4.42. The third-order valence-corrected chi connectivity index (χ3v) is 6.63. The Morgan fingerprint density at radius 1 is 0.969 bits per heavy atom. The van der Waals surface area contributed by atoms with Crippen molar-refractivity contribution >= 4 is 29.1 Å². The van der Waals surface area contributed by atoms with Crippen molar-refractivity contribution in [2.24, 2.45) is 0 Å². The Morgan fingerprint density at radius 2 is 1.62 bits per heavy atom. The molecule has 1 saturated carbocycles.